The standard InChI is InChI=1S/C17H26N4O/c18-9-13-21(14-10-19)17(22)8-12-20-11-4-7-16(20)15-5-2-1-3-6-15/h15-16H,1-8,11-14H2/t16-/m1/s1. The molecular formula is C17H26N4O. The number of nitriles is 2. The zero-order chi connectivity index (χ0) is 15.8. The van der Waals surface area contributed by atoms with E-state index in [-0.39, 0.29) is 19.0 Å². The largest absolute Gasteiger partial charge is 0.316 e. The summed E-state index contributed by atoms with van der Waals surface area (Å²) in [5.74, 6) is 0.734. The second-order valence-corrected chi connectivity index (χ2v) is 6.46. The molecule has 0 aromatic carbocycles. The first-order chi connectivity index (χ1) is 10.8. The summed E-state index contributed by atoms with van der Waals surface area (Å²) in [5, 5.41) is 17.5. The Morgan fingerprint density at radius 3 is 2.36 bits per heavy atom. The molecule has 0 bridgehead atoms. The summed E-state index contributed by atoms with van der Waals surface area (Å²) in [6.07, 6.45) is 9.67. The first-order valence-electron chi connectivity index (χ1n) is 8.52. The number of rotatable bonds is 6. The lowest BCUT2D eigenvalue weighted by Crippen LogP contribution is -2.40. The van der Waals surface area contributed by atoms with Crippen LogP contribution in [-0.4, -0.2) is 47.9 Å². The Morgan fingerprint density at radius 2 is 1.73 bits per heavy atom. The SMILES string of the molecule is N#CCN(CC#N)C(=O)CCN1CCC[C@@H]1C1CCCCC1. The average molecular weight is 302 g/mol. The van der Waals surface area contributed by atoms with Crippen LogP contribution in [0.5, 0.6) is 0 Å². The lowest BCUT2D eigenvalue weighted by Gasteiger charge is -2.34. The van der Waals surface area contributed by atoms with Crippen LogP contribution in [0, 0.1) is 28.6 Å². The lowest BCUT2D eigenvalue weighted by atomic mass is 9.83. The van der Waals surface area contributed by atoms with Crippen LogP contribution in [-0.2, 0) is 4.79 Å². The van der Waals surface area contributed by atoms with Gasteiger partial charge in [-0.1, -0.05) is 19.3 Å². The molecular weight excluding hydrogens is 276 g/mol. The van der Waals surface area contributed by atoms with Gasteiger partial charge in [-0.25, -0.2) is 0 Å². The summed E-state index contributed by atoms with van der Waals surface area (Å²) in [5.41, 5.74) is 0. The van der Waals surface area contributed by atoms with Gasteiger partial charge in [-0.15, -0.1) is 0 Å². The molecule has 1 atom stereocenters. The van der Waals surface area contributed by atoms with Crippen LogP contribution in [0.1, 0.15) is 51.4 Å². The molecule has 22 heavy (non-hydrogen) atoms. The van der Waals surface area contributed by atoms with Gasteiger partial charge in [-0.3, -0.25) is 9.69 Å². The number of nitrogens with zero attached hydrogens (tertiary/aromatic N) is 4. The highest BCUT2D eigenvalue weighted by Crippen LogP contribution is 2.34. The number of amides is 1. The monoisotopic (exact) mass is 302 g/mol. The van der Waals surface area contributed by atoms with E-state index >= 15 is 0 Å². The van der Waals surface area contributed by atoms with E-state index in [0.717, 1.165) is 19.0 Å². The van der Waals surface area contributed by atoms with E-state index in [2.05, 4.69) is 4.90 Å². The van der Waals surface area contributed by atoms with Crippen LogP contribution in [0.15, 0.2) is 0 Å². The quantitative estimate of drug-likeness (QED) is 0.706. The minimum Gasteiger partial charge on any atom is -0.316 e. The Bertz CT molecular complexity index is 429. The van der Waals surface area contributed by atoms with Crippen LogP contribution in [0.2, 0.25) is 0 Å². The summed E-state index contributed by atoms with van der Waals surface area (Å²) in [7, 11) is 0. The Balaban J connectivity index is 1.83. The molecule has 0 unspecified atom stereocenters. The Hall–Kier alpha value is -1.59. The Morgan fingerprint density at radius 1 is 1.05 bits per heavy atom. The molecule has 1 amide bonds. The zero-order valence-electron chi connectivity index (χ0n) is 13.3. The molecule has 1 saturated heterocycles. The predicted octanol–water partition coefficient (Wildman–Crippen LogP) is 2.30. The van der Waals surface area contributed by atoms with Gasteiger partial charge in [0.25, 0.3) is 0 Å². The van der Waals surface area contributed by atoms with E-state index in [1.165, 1.54) is 49.8 Å². The molecule has 120 valence electrons. The molecule has 0 N–H and O–H groups in total. The fraction of sp³-hybridized carbons (Fsp3) is 0.824. The Labute approximate surface area is 133 Å². The highest BCUT2D eigenvalue weighted by molar-refractivity contribution is 5.76. The van der Waals surface area contributed by atoms with Gasteiger partial charge in [0.15, 0.2) is 0 Å². The molecule has 2 aliphatic rings. The van der Waals surface area contributed by atoms with Crippen molar-refractivity contribution in [3.05, 3.63) is 0 Å². The fourth-order valence-electron chi connectivity index (χ4n) is 3.98. The number of likely N-dealkylation sites (tertiary alicyclic amines) is 1. The van der Waals surface area contributed by atoms with Gasteiger partial charge in [-0.05, 0) is 38.1 Å². The van der Waals surface area contributed by atoms with Crippen molar-refractivity contribution in [2.45, 2.75) is 57.4 Å². The molecule has 1 aliphatic carbocycles. The summed E-state index contributed by atoms with van der Waals surface area (Å²) >= 11 is 0. The van der Waals surface area contributed by atoms with E-state index in [9.17, 15) is 4.79 Å². The molecule has 2 fully saturated rings. The van der Waals surface area contributed by atoms with Crippen LogP contribution in [0.3, 0.4) is 0 Å². The summed E-state index contributed by atoms with van der Waals surface area (Å²) in [6.45, 7) is 1.88. The highest BCUT2D eigenvalue weighted by Gasteiger charge is 2.32. The molecule has 0 aromatic rings. The van der Waals surface area contributed by atoms with E-state index in [0.29, 0.717) is 12.5 Å². The topological polar surface area (TPSA) is 71.1 Å². The lowest BCUT2D eigenvalue weighted by molar-refractivity contribution is -0.130. The second-order valence-electron chi connectivity index (χ2n) is 6.46. The van der Waals surface area contributed by atoms with Gasteiger partial charge in [0.2, 0.25) is 5.91 Å². The van der Waals surface area contributed by atoms with Crippen molar-refractivity contribution in [1.82, 2.24) is 9.80 Å². The van der Waals surface area contributed by atoms with Crippen LogP contribution in [0.4, 0.5) is 0 Å². The summed E-state index contributed by atoms with van der Waals surface area (Å²) in [6, 6.07) is 4.57. The van der Waals surface area contributed by atoms with Gasteiger partial charge >= 0.3 is 0 Å². The number of carbonyl (C=O) groups is 1. The van der Waals surface area contributed by atoms with Crippen molar-refractivity contribution in [3.8, 4) is 12.1 Å². The maximum absolute atomic E-state index is 12.2. The van der Waals surface area contributed by atoms with Gasteiger partial charge < -0.3 is 4.90 Å². The fourth-order valence-corrected chi connectivity index (χ4v) is 3.98. The second kappa shape index (κ2) is 8.76. The molecule has 1 saturated carbocycles. The first-order valence-corrected chi connectivity index (χ1v) is 8.52. The zero-order valence-corrected chi connectivity index (χ0v) is 13.3. The number of hydrogen-bond acceptors (Lipinski definition) is 4. The first kappa shape index (κ1) is 16.8. The summed E-state index contributed by atoms with van der Waals surface area (Å²) < 4.78 is 0. The third-order valence-electron chi connectivity index (χ3n) is 5.10. The maximum atomic E-state index is 12.2. The molecule has 1 heterocycles. The molecule has 0 radical (unpaired) electrons. The normalized spacial score (nSPS) is 22.9. The smallest absolute Gasteiger partial charge is 0.225 e. The van der Waals surface area contributed by atoms with Crippen molar-refractivity contribution in [2.24, 2.45) is 5.92 Å². The molecule has 0 spiro atoms. The maximum Gasteiger partial charge on any atom is 0.225 e. The van der Waals surface area contributed by atoms with Gasteiger partial charge in [-0.2, -0.15) is 10.5 Å². The van der Waals surface area contributed by atoms with Gasteiger partial charge in [0, 0.05) is 19.0 Å². The average Bonchev–Trinajstić information content (AvgIpc) is 3.02. The molecule has 5 nitrogen and oxygen atoms in total. The van der Waals surface area contributed by atoms with Crippen LogP contribution >= 0.6 is 0 Å². The van der Waals surface area contributed by atoms with Crippen molar-refractivity contribution >= 4 is 5.91 Å². The summed E-state index contributed by atoms with van der Waals surface area (Å²) in [4.78, 5) is 16.0. The third kappa shape index (κ3) is 4.45. The molecule has 2 rings (SSSR count). The van der Waals surface area contributed by atoms with Crippen molar-refractivity contribution in [2.75, 3.05) is 26.2 Å². The number of carbonyl (C=O) groups excluding carboxylic acids is 1. The minimum absolute atomic E-state index is 0.0123. The van der Waals surface area contributed by atoms with Crippen molar-refractivity contribution in [3.63, 3.8) is 0 Å². The van der Waals surface area contributed by atoms with Gasteiger partial charge in [0.05, 0.1) is 12.1 Å². The van der Waals surface area contributed by atoms with E-state index in [1.807, 2.05) is 12.1 Å². The molecule has 1 aliphatic heterocycles. The van der Waals surface area contributed by atoms with Crippen LogP contribution < -0.4 is 0 Å². The van der Waals surface area contributed by atoms with E-state index < -0.39 is 0 Å². The number of hydrogen-bond donors (Lipinski definition) is 0. The molecule has 0 aromatic heterocycles. The van der Waals surface area contributed by atoms with Crippen molar-refractivity contribution in [1.29, 1.82) is 10.5 Å². The predicted molar refractivity (Wildman–Crippen MR) is 83.6 cm³/mol. The van der Waals surface area contributed by atoms with Gasteiger partial charge in [0.1, 0.15) is 13.1 Å². The van der Waals surface area contributed by atoms with E-state index in [4.69, 9.17) is 10.5 Å². The van der Waals surface area contributed by atoms with E-state index in [1.54, 1.807) is 0 Å². The highest BCUT2D eigenvalue weighted by atomic mass is 16.2. The minimum atomic E-state index is -0.0719. The third-order valence-corrected chi connectivity index (χ3v) is 5.10. The van der Waals surface area contributed by atoms with Crippen molar-refractivity contribution < 1.29 is 4.79 Å². The Kier molecular flexibility index (Phi) is 6.68. The molecule has 5 heteroatoms. The van der Waals surface area contributed by atoms with Crippen LogP contribution in [0.25, 0.3) is 0 Å².